The highest BCUT2D eigenvalue weighted by atomic mass is 16.2. The predicted molar refractivity (Wildman–Crippen MR) is 106 cm³/mol. The van der Waals surface area contributed by atoms with Crippen LogP contribution in [0.2, 0.25) is 0 Å². The van der Waals surface area contributed by atoms with E-state index in [1.165, 1.54) is 5.56 Å². The molecule has 2 N–H and O–H groups in total. The zero-order chi connectivity index (χ0) is 18.6. The van der Waals surface area contributed by atoms with Crippen molar-refractivity contribution in [3.05, 3.63) is 71.9 Å². The van der Waals surface area contributed by atoms with Crippen LogP contribution in [0.5, 0.6) is 0 Å². The summed E-state index contributed by atoms with van der Waals surface area (Å²) in [7, 11) is 0. The van der Waals surface area contributed by atoms with Gasteiger partial charge in [-0.2, -0.15) is 0 Å². The van der Waals surface area contributed by atoms with Crippen molar-refractivity contribution in [2.45, 2.75) is 25.3 Å². The minimum Gasteiger partial charge on any atom is -0.351 e. The smallest absolute Gasteiger partial charge is 0.268 e. The topological polar surface area (TPSA) is 65.2 Å². The number of carbonyl (C=O) groups is 2. The van der Waals surface area contributed by atoms with E-state index in [-0.39, 0.29) is 17.9 Å². The molecule has 3 aromatic rings. The van der Waals surface area contributed by atoms with Crippen molar-refractivity contribution in [2.75, 3.05) is 13.1 Å². The summed E-state index contributed by atoms with van der Waals surface area (Å²) in [5.74, 6) is -0.0415. The number of H-pyrrole nitrogens is 1. The summed E-state index contributed by atoms with van der Waals surface area (Å²) >= 11 is 0. The van der Waals surface area contributed by atoms with Crippen LogP contribution in [0.4, 0.5) is 0 Å². The molecule has 0 bridgehead atoms. The van der Waals surface area contributed by atoms with Crippen molar-refractivity contribution < 1.29 is 9.59 Å². The zero-order valence-electron chi connectivity index (χ0n) is 15.2. The summed E-state index contributed by atoms with van der Waals surface area (Å²) in [4.78, 5) is 29.8. The molecule has 4 rings (SSSR count). The van der Waals surface area contributed by atoms with Crippen molar-refractivity contribution >= 4 is 22.7 Å². The van der Waals surface area contributed by atoms with Gasteiger partial charge in [0, 0.05) is 30.4 Å². The summed E-state index contributed by atoms with van der Waals surface area (Å²) in [5, 5.41) is 4.00. The molecule has 27 heavy (non-hydrogen) atoms. The SMILES string of the molecule is O=C(NC1CC(=O)N(CCCc2ccccc2)C1)c1cc2ccccc2[nH]1. The lowest BCUT2D eigenvalue weighted by atomic mass is 10.1. The van der Waals surface area contributed by atoms with Crippen LogP contribution >= 0.6 is 0 Å². The molecule has 5 nitrogen and oxygen atoms in total. The van der Waals surface area contributed by atoms with Crippen LogP contribution in [0, 0.1) is 0 Å². The Morgan fingerprint density at radius 2 is 1.89 bits per heavy atom. The number of aromatic nitrogens is 1. The first-order chi connectivity index (χ1) is 13.2. The third kappa shape index (κ3) is 4.03. The second-order valence-electron chi connectivity index (χ2n) is 7.07. The lowest BCUT2D eigenvalue weighted by Gasteiger charge is -2.17. The van der Waals surface area contributed by atoms with Gasteiger partial charge in [0.15, 0.2) is 0 Å². The van der Waals surface area contributed by atoms with Crippen LogP contribution in [-0.2, 0) is 11.2 Å². The summed E-state index contributed by atoms with van der Waals surface area (Å²) in [6.45, 7) is 1.31. The first-order valence-corrected chi connectivity index (χ1v) is 9.39. The van der Waals surface area contributed by atoms with Gasteiger partial charge in [-0.05, 0) is 30.5 Å². The summed E-state index contributed by atoms with van der Waals surface area (Å²) in [5.41, 5.74) is 2.76. The van der Waals surface area contributed by atoms with Gasteiger partial charge >= 0.3 is 0 Å². The summed E-state index contributed by atoms with van der Waals surface area (Å²) in [6, 6.07) is 19.8. The molecule has 0 aliphatic carbocycles. The summed E-state index contributed by atoms with van der Waals surface area (Å²) < 4.78 is 0. The second kappa shape index (κ2) is 7.66. The van der Waals surface area contributed by atoms with Crippen LogP contribution in [0.1, 0.15) is 28.9 Å². The number of nitrogens with zero attached hydrogens (tertiary/aromatic N) is 1. The zero-order valence-corrected chi connectivity index (χ0v) is 15.2. The predicted octanol–water partition coefficient (Wildman–Crippen LogP) is 3.13. The third-order valence-corrected chi connectivity index (χ3v) is 5.06. The number of fused-ring (bicyclic) bond motifs is 1. The lowest BCUT2D eigenvalue weighted by Crippen LogP contribution is -2.37. The van der Waals surface area contributed by atoms with Crippen LogP contribution in [0.3, 0.4) is 0 Å². The molecule has 2 aromatic carbocycles. The van der Waals surface area contributed by atoms with E-state index in [2.05, 4.69) is 22.4 Å². The fourth-order valence-corrected chi connectivity index (χ4v) is 3.66. The number of aryl methyl sites for hydroxylation is 1. The van der Waals surface area contributed by atoms with Crippen LogP contribution in [-0.4, -0.2) is 40.8 Å². The highest BCUT2D eigenvalue weighted by Crippen LogP contribution is 2.16. The highest BCUT2D eigenvalue weighted by Gasteiger charge is 2.30. The molecule has 1 aliphatic heterocycles. The van der Waals surface area contributed by atoms with E-state index in [1.54, 1.807) is 0 Å². The number of likely N-dealkylation sites (tertiary alicyclic amines) is 1. The molecule has 2 amide bonds. The molecule has 0 spiro atoms. The quantitative estimate of drug-likeness (QED) is 0.708. The maximum atomic E-state index is 12.5. The van der Waals surface area contributed by atoms with Crippen molar-refractivity contribution in [2.24, 2.45) is 0 Å². The molecule has 1 aromatic heterocycles. The molecule has 1 saturated heterocycles. The van der Waals surface area contributed by atoms with Crippen LogP contribution in [0.25, 0.3) is 10.9 Å². The van der Waals surface area contributed by atoms with E-state index < -0.39 is 0 Å². The van der Waals surface area contributed by atoms with Crippen molar-refractivity contribution in [1.29, 1.82) is 0 Å². The highest BCUT2D eigenvalue weighted by molar-refractivity contribution is 5.98. The summed E-state index contributed by atoms with van der Waals surface area (Å²) in [6.07, 6.45) is 2.26. The maximum Gasteiger partial charge on any atom is 0.268 e. The van der Waals surface area contributed by atoms with Gasteiger partial charge in [0.2, 0.25) is 5.91 Å². The number of hydrogen-bond donors (Lipinski definition) is 2. The Morgan fingerprint density at radius 1 is 1.11 bits per heavy atom. The molecule has 1 atom stereocenters. The van der Waals surface area contributed by atoms with E-state index in [0.29, 0.717) is 18.7 Å². The Bertz CT molecular complexity index is 915. The second-order valence-corrected chi connectivity index (χ2v) is 7.07. The van der Waals surface area contributed by atoms with Gasteiger partial charge < -0.3 is 15.2 Å². The Kier molecular flexibility index (Phi) is 4.92. The third-order valence-electron chi connectivity index (χ3n) is 5.06. The molecule has 0 radical (unpaired) electrons. The molecule has 1 unspecified atom stereocenters. The van der Waals surface area contributed by atoms with Gasteiger partial charge in [0.25, 0.3) is 5.91 Å². The Balaban J connectivity index is 1.30. The Hall–Kier alpha value is -3.08. The van der Waals surface area contributed by atoms with E-state index in [0.717, 1.165) is 30.3 Å². The average Bonchev–Trinajstić information content (AvgIpc) is 3.26. The van der Waals surface area contributed by atoms with Gasteiger partial charge in [-0.15, -0.1) is 0 Å². The molecule has 5 heteroatoms. The monoisotopic (exact) mass is 361 g/mol. The Labute approximate surface area is 158 Å². The van der Waals surface area contributed by atoms with Gasteiger partial charge in [-0.1, -0.05) is 48.5 Å². The molecule has 0 saturated carbocycles. The molecule has 1 aliphatic rings. The molecule has 1 fully saturated rings. The van der Waals surface area contributed by atoms with Crippen molar-refractivity contribution in [1.82, 2.24) is 15.2 Å². The number of para-hydroxylation sites is 1. The minimum absolute atomic E-state index is 0.116. The Morgan fingerprint density at radius 3 is 2.70 bits per heavy atom. The lowest BCUT2D eigenvalue weighted by molar-refractivity contribution is -0.127. The van der Waals surface area contributed by atoms with E-state index in [1.807, 2.05) is 53.4 Å². The number of nitrogens with one attached hydrogen (secondary N) is 2. The molecule has 138 valence electrons. The largest absolute Gasteiger partial charge is 0.351 e. The fourth-order valence-electron chi connectivity index (χ4n) is 3.66. The fraction of sp³-hybridized carbons (Fsp3) is 0.273. The first-order valence-electron chi connectivity index (χ1n) is 9.39. The van der Waals surface area contributed by atoms with E-state index >= 15 is 0 Å². The number of aromatic amines is 1. The van der Waals surface area contributed by atoms with Crippen LogP contribution < -0.4 is 5.32 Å². The van der Waals surface area contributed by atoms with E-state index in [9.17, 15) is 9.59 Å². The number of rotatable bonds is 6. The normalized spacial score (nSPS) is 16.8. The standard InChI is InChI=1S/C22H23N3O2/c26-21-14-18(15-25(21)12-6-9-16-7-2-1-3-8-16)23-22(27)20-13-17-10-4-5-11-19(17)24-20/h1-5,7-8,10-11,13,18,24H,6,9,12,14-15H2,(H,23,27). The van der Waals surface area contributed by atoms with Gasteiger partial charge in [0.1, 0.15) is 5.69 Å². The van der Waals surface area contributed by atoms with Crippen molar-refractivity contribution in [3.63, 3.8) is 0 Å². The number of hydrogen-bond acceptors (Lipinski definition) is 2. The van der Waals surface area contributed by atoms with E-state index in [4.69, 9.17) is 0 Å². The molecular formula is C22H23N3O2. The van der Waals surface area contributed by atoms with Gasteiger partial charge in [-0.3, -0.25) is 9.59 Å². The molecular weight excluding hydrogens is 338 g/mol. The maximum absolute atomic E-state index is 12.5. The number of carbonyl (C=O) groups excluding carboxylic acids is 2. The molecule has 2 heterocycles. The first kappa shape index (κ1) is 17.3. The van der Waals surface area contributed by atoms with Crippen LogP contribution in [0.15, 0.2) is 60.7 Å². The minimum atomic E-state index is -0.157. The number of amides is 2. The van der Waals surface area contributed by atoms with Gasteiger partial charge in [0.05, 0.1) is 6.04 Å². The average molecular weight is 361 g/mol. The van der Waals surface area contributed by atoms with Crippen molar-refractivity contribution in [3.8, 4) is 0 Å². The number of benzene rings is 2. The van der Waals surface area contributed by atoms with Gasteiger partial charge in [-0.25, -0.2) is 0 Å².